The SMILES string of the molecule is CC(F)(F)[C@H]1CNC[C@@H](O)C1. The van der Waals surface area contributed by atoms with Gasteiger partial charge in [-0.2, -0.15) is 0 Å². The molecule has 0 aromatic heterocycles. The lowest BCUT2D eigenvalue weighted by atomic mass is 9.92. The summed E-state index contributed by atoms with van der Waals surface area (Å²) in [6.45, 7) is 1.64. The molecule has 2 nitrogen and oxygen atoms in total. The average Bonchev–Trinajstić information content (AvgIpc) is 1.86. The van der Waals surface area contributed by atoms with Crippen molar-refractivity contribution in [2.75, 3.05) is 13.1 Å². The van der Waals surface area contributed by atoms with Crippen LogP contribution in [0.5, 0.6) is 0 Å². The zero-order chi connectivity index (χ0) is 8.48. The third-order valence-corrected chi connectivity index (χ3v) is 2.04. The van der Waals surface area contributed by atoms with Crippen LogP contribution in [0.3, 0.4) is 0 Å². The maximum absolute atomic E-state index is 12.6. The highest BCUT2D eigenvalue weighted by Gasteiger charge is 2.37. The Morgan fingerprint density at radius 3 is 2.45 bits per heavy atom. The number of hydrogen-bond donors (Lipinski definition) is 2. The molecule has 2 atom stereocenters. The molecule has 0 bridgehead atoms. The maximum atomic E-state index is 12.6. The monoisotopic (exact) mass is 165 g/mol. The molecule has 1 aliphatic heterocycles. The Kier molecular flexibility index (Phi) is 2.44. The predicted octanol–water partition coefficient (Wildman–Crippen LogP) is 0.612. The van der Waals surface area contributed by atoms with Crippen LogP contribution in [-0.4, -0.2) is 30.2 Å². The summed E-state index contributed by atoms with van der Waals surface area (Å²) in [7, 11) is 0. The topological polar surface area (TPSA) is 32.3 Å². The number of aliphatic hydroxyl groups is 1. The Morgan fingerprint density at radius 2 is 2.09 bits per heavy atom. The standard InChI is InChI=1S/C7H13F2NO/c1-7(8,9)5-2-6(11)4-10-3-5/h5-6,10-11H,2-4H2,1H3/t5-,6+/m1/s1. The number of halogens is 2. The number of piperidine rings is 1. The molecule has 1 saturated heterocycles. The molecule has 1 heterocycles. The van der Waals surface area contributed by atoms with Gasteiger partial charge in [0.25, 0.3) is 0 Å². The lowest BCUT2D eigenvalue weighted by molar-refractivity contribution is -0.0660. The smallest absolute Gasteiger partial charge is 0.249 e. The fourth-order valence-electron chi connectivity index (χ4n) is 1.31. The highest BCUT2D eigenvalue weighted by molar-refractivity contribution is 4.82. The molecule has 0 amide bonds. The Hall–Kier alpha value is -0.220. The summed E-state index contributed by atoms with van der Waals surface area (Å²) in [6, 6.07) is 0. The first-order valence-electron chi connectivity index (χ1n) is 3.76. The summed E-state index contributed by atoms with van der Waals surface area (Å²) in [5.74, 6) is -3.39. The second kappa shape index (κ2) is 3.03. The second-order valence-corrected chi connectivity index (χ2v) is 3.20. The molecule has 0 spiro atoms. The van der Waals surface area contributed by atoms with E-state index in [1.807, 2.05) is 0 Å². The minimum atomic E-state index is -2.67. The van der Waals surface area contributed by atoms with E-state index < -0.39 is 17.9 Å². The lowest BCUT2D eigenvalue weighted by Gasteiger charge is -2.30. The van der Waals surface area contributed by atoms with Gasteiger partial charge in [0.1, 0.15) is 0 Å². The van der Waals surface area contributed by atoms with E-state index >= 15 is 0 Å². The Labute approximate surface area is 64.6 Å². The number of alkyl halides is 2. The van der Waals surface area contributed by atoms with Gasteiger partial charge in [-0.15, -0.1) is 0 Å². The van der Waals surface area contributed by atoms with E-state index in [4.69, 9.17) is 5.11 Å². The van der Waals surface area contributed by atoms with E-state index in [2.05, 4.69) is 5.32 Å². The zero-order valence-corrected chi connectivity index (χ0v) is 6.48. The molecule has 0 saturated carbocycles. The van der Waals surface area contributed by atoms with Crippen molar-refractivity contribution >= 4 is 0 Å². The van der Waals surface area contributed by atoms with Crippen molar-refractivity contribution in [3.63, 3.8) is 0 Å². The zero-order valence-electron chi connectivity index (χ0n) is 6.48. The molecule has 0 aromatic rings. The molecule has 1 fully saturated rings. The Bertz CT molecular complexity index is 135. The molecule has 0 aliphatic carbocycles. The fraction of sp³-hybridized carbons (Fsp3) is 1.00. The van der Waals surface area contributed by atoms with Crippen molar-refractivity contribution in [2.24, 2.45) is 5.92 Å². The molecule has 4 heteroatoms. The summed E-state index contributed by atoms with van der Waals surface area (Å²) in [6.07, 6.45) is -0.407. The Morgan fingerprint density at radius 1 is 1.45 bits per heavy atom. The van der Waals surface area contributed by atoms with E-state index in [1.165, 1.54) is 0 Å². The number of hydrogen-bond acceptors (Lipinski definition) is 2. The first kappa shape index (κ1) is 8.87. The molecule has 0 aromatic carbocycles. The normalized spacial score (nSPS) is 33.8. The summed E-state index contributed by atoms with van der Waals surface area (Å²) >= 11 is 0. The quantitative estimate of drug-likeness (QED) is 0.596. The van der Waals surface area contributed by atoms with Gasteiger partial charge in [0.05, 0.1) is 6.10 Å². The van der Waals surface area contributed by atoms with Crippen LogP contribution < -0.4 is 5.32 Å². The van der Waals surface area contributed by atoms with Crippen LogP contribution >= 0.6 is 0 Å². The molecule has 66 valence electrons. The van der Waals surface area contributed by atoms with E-state index in [0.29, 0.717) is 13.1 Å². The first-order valence-corrected chi connectivity index (χ1v) is 3.76. The summed E-state index contributed by atoms with van der Waals surface area (Å²) in [5.41, 5.74) is 0. The number of aliphatic hydroxyl groups excluding tert-OH is 1. The van der Waals surface area contributed by atoms with E-state index in [0.717, 1.165) is 6.92 Å². The molecule has 11 heavy (non-hydrogen) atoms. The first-order chi connectivity index (χ1) is 5.00. The highest BCUT2D eigenvalue weighted by Crippen LogP contribution is 2.28. The Balaban J connectivity index is 2.46. The third kappa shape index (κ3) is 2.38. The van der Waals surface area contributed by atoms with Crippen LogP contribution in [0.2, 0.25) is 0 Å². The van der Waals surface area contributed by atoms with Crippen molar-refractivity contribution in [2.45, 2.75) is 25.4 Å². The minimum Gasteiger partial charge on any atom is -0.392 e. The fourth-order valence-corrected chi connectivity index (χ4v) is 1.31. The van der Waals surface area contributed by atoms with Gasteiger partial charge in [-0.3, -0.25) is 0 Å². The van der Waals surface area contributed by atoms with Crippen LogP contribution in [0, 0.1) is 5.92 Å². The van der Waals surface area contributed by atoms with Gasteiger partial charge in [0.2, 0.25) is 5.92 Å². The molecule has 0 unspecified atom stereocenters. The van der Waals surface area contributed by atoms with Gasteiger partial charge in [0.15, 0.2) is 0 Å². The van der Waals surface area contributed by atoms with Crippen molar-refractivity contribution in [3.05, 3.63) is 0 Å². The average molecular weight is 165 g/mol. The van der Waals surface area contributed by atoms with Crippen LogP contribution in [0.1, 0.15) is 13.3 Å². The van der Waals surface area contributed by atoms with Gasteiger partial charge in [-0.05, 0) is 13.3 Å². The molecular formula is C7H13F2NO. The van der Waals surface area contributed by atoms with Gasteiger partial charge >= 0.3 is 0 Å². The van der Waals surface area contributed by atoms with Crippen molar-refractivity contribution in [1.29, 1.82) is 0 Å². The second-order valence-electron chi connectivity index (χ2n) is 3.20. The third-order valence-electron chi connectivity index (χ3n) is 2.04. The lowest BCUT2D eigenvalue weighted by Crippen LogP contribution is -2.45. The molecular weight excluding hydrogens is 152 g/mol. The van der Waals surface area contributed by atoms with E-state index in [9.17, 15) is 8.78 Å². The van der Waals surface area contributed by atoms with Crippen molar-refractivity contribution < 1.29 is 13.9 Å². The van der Waals surface area contributed by atoms with Gasteiger partial charge in [-0.1, -0.05) is 0 Å². The van der Waals surface area contributed by atoms with Crippen molar-refractivity contribution in [1.82, 2.24) is 5.32 Å². The van der Waals surface area contributed by atoms with Crippen LogP contribution in [-0.2, 0) is 0 Å². The summed E-state index contributed by atoms with van der Waals surface area (Å²) in [5, 5.41) is 11.8. The van der Waals surface area contributed by atoms with Gasteiger partial charge < -0.3 is 10.4 Å². The molecule has 0 radical (unpaired) electrons. The highest BCUT2D eigenvalue weighted by atomic mass is 19.3. The number of β-amino-alcohol motifs (C(OH)–C–C–N with tert-alkyl or cyclic N) is 1. The molecule has 1 rings (SSSR count). The minimum absolute atomic E-state index is 0.205. The van der Waals surface area contributed by atoms with Crippen LogP contribution in [0.4, 0.5) is 8.78 Å². The van der Waals surface area contributed by atoms with Crippen LogP contribution in [0.25, 0.3) is 0 Å². The van der Waals surface area contributed by atoms with E-state index in [1.54, 1.807) is 0 Å². The number of nitrogens with one attached hydrogen (secondary N) is 1. The van der Waals surface area contributed by atoms with E-state index in [-0.39, 0.29) is 6.42 Å². The molecule has 1 aliphatic rings. The van der Waals surface area contributed by atoms with Gasteiger partial charge in [-0.25, -0.2) is 8.78 Å². The van der Waals surface area contributed by atoms with Gasteiger partial charge in [0, 0.05) is 19.0 Å². The maximum Gasteiger partial charge on any atom is 0.249 e. The number of rotatable bonds is 1. The predicted molar refractivity (Wildman–Crippen MR) is 37.6 cm³/mol. The van der Waals surface area contributed by atoms with Crippen LogP contribution in [0.15, 0.2) is 0 Å². The molecule has 2 N–H and O–H groups in total. The summed E-state index contributed by atoms with van der Waals surface area (Å²) < 4.78 is 25.3. The van der Waals surface area contributed by atoms with Crippen molar-refractivity contribution in [3.8, 4) is 0 Å². The summed E-state index contributed by atoms with van der Waals surface area (Å²) in [4.78, 5) is 0. The largest absolute Gasteiger partial charge is 0.392 e.